The molecule has 4 N–H and O–H groups in total. The Hall–Kier alpha value is -1.07. The Labute approximate surface area is 83.8 Å². The number of sulfone groups is 1. The molecule has 0 fully saturated rings. The summed E-state index contributed by atoms with van der Waals surface area (Å²) in [4.78, 5) is 0.317. The molecule has 0 spiro atoms. The van der Waals surface area contributed by atoms with Crippen LogP contribution in [0.1, 0.15) is 5.56 Å². The van der Waals surface area contributed by atoms with Crippen molar-refractivity contribution < 1.29 is 8.42 Å². The highest BCUT2D eigenvalue weighted by Gasteiger charge is 2.12. The molecular weight excluding hydrogens is 200 g/mol. The highest BCUT2D eigenvalue weighted by molar-refractivity contribution is 7.90. The van der Waals surface area contributed by atoms with Crippen LogP contribution in [0.3, 0.4) is 0 Å². The van der Waals surface area contributed by atoms with Crippen LogP contribution in [0.25, 0.3) is 0 Å². The third kappa shape index (κ3) is 2.46. The van der Waals surface area contributed by atoms with Gasteiger partial charge in [-0.3, -0.25) is 0 Å². The molecule has 0 aromatic heterocycles. The van der Waals surface area contributed by atoms with E-state index in [1.165, 1.54) is 12.3 Å². The van der Waals surface area contributed by atoms with Crippen LogP contribution in [-0.2, 0) is 16.3 Å². The van der Waals surface area contributed by atoms with Gasteiger partial charge in [0.15, 0.2) is 9.84 Å². The molecule has 0 bridgehead atoms. The highest BCUT2D eigenvalue weighted by atomic mass is 32.2. The first-order valence-electron chi connectivity index (χ1n) is 4.23. The number of benzene rings is 1. The second-order valence-corrected chi connectivity index (χ2v) is 5.16. The molecule has 78 valence electrons. The van der Waals surface area contributed by atoms with Crippen LogP contribution >= 0.6 is 0 Å². The fraction of sp³-hybridized carbons (Fsp3) is 0.333. The van der Waals surface area contributed by atoms with Gasteiger partial charge in [-0.25, -0.2) is 8.42 Å². The molecule has 0 aliphatic heterocycles. The lowest BCUT2D eigenvalue weighted by Crippen LogP contribution is -2.09. The van der Waals surface area contributed by atoms with Crippen LogP contribution in [0.2, 0.25) is 0 Å². The van der Waals surface area contributed by atoms with Gasteiger partial charge >= 0.3 is 0 Å². The van der Waals surface area contributed by atoms with Crippen molar-refractivity contribution in [3.8, 4) is 0 Å². The summed E-state index contributed by atoms with van der Waals surface area (Å²) in [5.74, 6) is 0. The van der Waals surface area contributed by atoms with E-state index in [0.717, 1.165) is 0 Å². The van der Waals surface area contributed by atoms with Gasteiger partial charge in [-0.05, 0) is 36.7 Å². The summed E-state index contributed by atoms with van der Waals surface area (Å²) in [6, 6.07) is 4.76. The van der Waals surface area contributed by atoms with Crippen molar-refractivity contribution in [3.05, 3.63) is 23.8 Å². The van der Waals surface area contributed by atoms with E-state index >= 15 is 0 Å². The van der Waals surface area contributed by atoms with Crippen LogP contribution < -0.4 is 11.5 Å². The van der Waals surface area contributed by atoms with Crippen molar-refractivity contribution in [2.24, 2.45) is 5.73 Å². The van der Waals surface area contributed by atoms with Crippen molar-refractivity contribution in [1.82, 2.24) is 0 Å². The van der Waals surface area contributed by atoms with Crippen LogP contribution in [-0.4, -0.2) is 21.2 Å². The minimum Gasteiger partial charge on any atom is -0.399 e. The highest BCUT2D eigenvalue weighted by Crippen LogP contribution is 2.18. The number of rotatable bonds is 3. The van der Waals surface area contributed by atoms with Gasteiger partial charge in [0.1, 0.15) is 0 Å². The van der Waals surface area contributed by atoms with Gasteiger partial charge in [-0.15, -0.1) is 0 Å². The molecule has 0 aliphatic rings. The summed E-state index contributed by atoms with van der Waals surface area (Å²) in [6.07, 6.45) is 1.70. The molecule has 4 nitrogen and oxygen atoms in total. The lowest BCUT2D eigenvalue weighted by atomic mass is 10.1. The largest absolute Gasteiger partial charge is 0.399 e. The van der Waals surface area contributed by atoms with Gasteiger partial charge in [-0.2, -0.15) is 0 Å². The Morgan fingerprint density at radius 3 is 2.50 bits per heavy atom. The first-order valence-corrected chi connectivity index (χ1v) is 6.13. The molecular formula is C9H14N2O2S. The molecule has 0 saturated carbocycles. The zero-order valence-electron chi connectivity index (χ0n) is 8.03. The van der Waals surface area contributed by atoms with Crippen LogP contribution in [0.5, 0.6) is 0 Å². The molecule has 5 heteroatoms. The van der Waals surface area contributed by atoms with Crippen LogP contribution in [0.4, 0.5) is 5.69 Å². The second-order valence-electron chi connectivity index (χ2n) is 3.18. The predicted molar refractivity (Wildman–Crippen MR) is 56.7 cm³/mol. The van der Waals surface area contributed by atoms with Crippen molar-refractivity contribution >= 4 is 15.5 Å². The van der Waals surface area contributed by atoms with Gasteiger partial charge in [0.25, 0.3) is 0 Å². The molecule has 0 unspecified atom stereocenters. The maximum Gasteiger partial charge on any atom is 0.175 e. The molecule has 0 amide bonds. The Morgan fingerprint density at radius 2 is 2.00 bits per heavy atom. The van der Waals surface area contributed by atoms with E-state index < -0.39 is 9.84 Å². The Kier molecular flexibility index (Phi) is 3.13. The maximum absolute atomic E-state index is 11.4. The smallest absolute Gasteiger partial charge is 0.175 e. The molecule has 0 aliphatic carbocycles. The topological polar surface area (TPSA) is 86.2 Å². The van der Waals surface area contributed by atoms with E-state index in [2.05, 4.69) is 0 Å². The van der Waals surface area contributed by atoms with Crippen LogP contribution in [0, 0.1) is 0 Å². The van der Waals surface area contributed by atoms with E-state index in [1.807, 2.05) is 0 Å². The molecule has 0 radical (unpaired) electrons. The first kappa shape index (κ1) is 11.0. The Balaban J connectivity index is 3.29. The number of hydrogen-bond acceptors (Lipinski definition) is 4. The Morgan fingerprint density at radius 1 is 1.36 bits per heavy atom. The average molecular weight is 214 g/mol. The number of nitrogens with two attached hydrogens (primary N) is 2. The SMILES string of the molecule is CS(=O)(=O)c1ccc(N)cc1CCN. The minimum atomic E-state index is -3.18. The fourth-order valence-corrected chi connectivity index (χ4v) is 2.26. The predicted octanol–water partition coefficient (Wildman–Crippen LogP) is 0.174. The fourth-order valence-electron chi connectivity index (χ4n) is 1.31. The minimum absolute atomic E-state index is 0.317. The zero-order chi connectivity index (χ0) is 10.8. The van der Waals surface area contributed by atoms with Gasteiger partial charge in [0.2, 0.25) is 0 Å². The first-order chi connectivity index (χ1) is 6.45. The summed E-state index contributed by atoms with van der Waals surface area (Å²) >= 11 is 0. The summed E-state index contributed by atoms with van der Waals surface area (Å²) < 4.78 is 22.7. The quantitative estimate of drug-likeness (QED) is 0.702. The molecule has 0 atom stereocenters. The van der Waals surface area contributed by atoms with Crippen molar-refractivity contribution in [2.75, 3.05) is 18.5 Å². The average Bonchev–Trinajstić information content (AvgIpc) is 2.02. The number of anilines is 1. The molecule has 0 heterocycles. The molecule has 1 aromatic carbocycles. The number of hydrogen-bond donors (Lipinski definition) is 2. The maximum atomic E-state index is 11.4. The summed E-state index contributed by atoms with van der Waals surface area (Å²) in [7, 11) is -3.18. The van der Waals surface area contributed by atoms with E-state index in [1.54, 1.807) is 12.1 Å². The normalized spacial score (nSPS) is 11.6. The molecule has 1 aromatic rings. The zero-order valence-corrected chi connectivity index (χ0v) is 8.84. The monoisotopic (exact) mass is 214 g/mol. The van der Waals surface area contributed by atoms with Crippen molar-refractivity contribution in [1.29, 1.82) is 0 Å². The van der Waals surface area contributed by atoms with Crippen LogP contribution in [0.15, 0.2) is 23.1 Å². The lowest BCUT2D eigenvalue weighted by molar-refractivity contribution is 0.600. The van der Waals surface area contributed by atoms with E-state index in [0.29, 0.717) is 29.1 Å². The van der Waals surface area contributed by atoms with Gasteiger partial charge in [-0.1, -0.05) is 0 Å². The summed E-state index contributed by atoms with van der Waals surface area (Å²) in [5, 5.41) is 0. The molecule has 0 saturated heterocycles. The van der Waals surface area contributed by atoms with Gasteiger partial charge < -0.3 is 11.5 Å². The molecule has 14 heavy (non-hydrogen) atoms. The number of nitrogen functional groups attached to an aromatic ring is 1. The third-order valence-corrected chi connectivity index (χ3v) is 3.09. The van der Waals surface area contributed by atoms with Gasteiger partial charge in [0.05, 0.1) is 4.90 Å². The van der Waals surface area contributed by atoms with E-state index in [-0.39, 0.29) is 0 Å². The van der Waals surface area contributed by atoms with E-state index in [4.69, 9.17) is 11.5 Å². The standard InChI is InChI=1S/C9H14N2O2S/c1-14(12,13)9-3-2-8(11)6-7(9)4-5-10/h2-3,6H,4-5,10-11H2,1H3. The third-order valence-electron chi connectivity index (χ3n) is 1.90. The summed E-state index contributed by atoms with van der Waals surface area (Å²) in [6.45, 7) is 0.409. The summed E-state index contributed by atoms with van der Waals surface area (Å²) in [5.41, 5.74) is 12.2. The van der Waals surface area contributed by atoms with E-state index in [9.17, 15) is 8.42 Å². The lowest BCUT2D eigenvalue weighted by Gasteiger charge is -2.07. The van der Waals surface area contributed by atoms with Crippen molar-refractivity contribution in [3.63, 3.8) is 0 Å². The van der Waals surface area contributed by atoms with Gasteiger partial charge in [0, 0.05) is 11.9 Å². The van der Waals surface area contributed by atoms with Crippen molar-refractivity contribution in [2.45, 2.75) is 11.3 Å². The Bertz CT molecular complexity index is 426. The second kappa shape index (κ2) is 3.98. The molecule has 1 rings (SSSR count).